The fraction of sp³-hybridized carbons (Fsp3) is 0.444. The predicted octanol–water partition coefficient (Wildman–Crippen LogP) is 1.60. The van der Waals surface area contributed by atoms with Crippen LogP contribution in [0.25, 0.3) is 0 Å². The van der Waals surface area contributed by atoms with Gasteiger partial charge in [-0.1, -0.05) is 10.8 Å². The first-order valence-corrected chi connectivity index (χ1v) is 6.26. The van der Waals surface area contributed by atoms with Crippen LogP contribution in [0.4, 0.5) is 0 Å². The summed E-state index contributed by atoms with van der Waals surface area (Å²) < 4.78 is 0. The Kier molecular flexibility index (Phi) is 4.43. The van der Waals surface area contributed by atoms with Gasteiger partial charge in [-0.2, -0.15) is 0 Å². The minimum atomic E-state index is -0.287. The molecule has 0 amide bonds. The molecule has 0 aliphatic carbocycles. The van der Waals surface area contributed by atoms with Crippen LogP contribution in [0.2, 0.25) is 0 Å². The summed E-state index contributed by atoms with van der Waals surface area (Å²) in [5.74, 6) is 0. The molecule has 1 rings (SSSR count). The van der Waals surface area contributed by atoms with Crippen molar-refractivity contribution >= 4 is 21.6 Å². The third-order valence-electron chi connectivity index (χ3n) is 1.55. The van der Waals surface area contributed by atoms with Gasteiger partial charge in [0.1, 0.15) is 0 Å². The lowest BCUT2D eigenvalue weighted by atomic mass is 10.3. The third-order valence-corrected chi connectivity index (χ3v) is 4.45. The van der Waals surface area contributed by atoms with Crippen molar-refractivity contribution in [2.75, 3.05) is 0 Å². The van der Waals surface area contributed by atoms with Crippen LogP contribution in [0.1, 0.15) is 13.8 Å². The first-order valence-electron chi connectivity index (χ1n) is 4.04. The van der Waals surface area contributed by atoms with Crippen molar-refractivity contribution in [1.82, 2.24) is 0 Å². The first kappa shape index (κ1) is 10.7. The van der Waals surface area contributed by atoms with Crippen molar-refractivity contribution in [3.05, 3.63) is 24.4 Å². The number of nitrogens with zero attached hydrogens (tertiary/aromatic N) is 1. The van der Waals surface area contributed by atoms with Gasteiger partial charge < -0.3 is 5.11 Å². The number of rotatable bonds is 4. The van der Waals surface area contributed by atoms with E-state index in [4.69, 9.17) is 0 Å². The molecule has 2 nitrogen and oxygen atoms in total. The first-order chi connectivity index (χ1) is 6.20. The Balaban J connectivity index is 2.35. The molecule has 0 bridgehead atoms. The Morgan fingerprint density at radius 3 is 2.85 bits per heavy atom. The second kappa shape index (κ2) is 5.38. The number of hydrogen-bond donors (Lipinski definition) is 1. The van der Waals surface area contributed by atoms with Gasteiger partial charge in [-0.05, 0) is 24.9 Å². The topological polar surface area (TPSA) is 34.3 Å². The molecule has 70 valence electrons. The van der Waals surface area contributed by atoms with Crippen LogP contribution >= 0.6 is 21.6 Å². The smallest absolute Gasteiger partial charge is 0.385 e. The minimum absolute atomic E-state index is 0.215. The maximum Gasteiger partial charge on any atom is 0.385 e. The molecule has 0 spiro atoms. The van der Waals surface area contributed by atoms with Gasteiger partial charge >= 0.3 is 11.2 Å². The normalized spacial score (nSPS) is 14.7. The van der Waals surface area contributed by atoms with Gasteiger partial charge in [0.2, 0.25) is 0 Å². The maximum absolute atomic E-state index is 9.24. The standard InChI is InChI=1S/C9H12NOS2/c1-7(11)8(2)12-13-9-5-3-4-6-10-9/h3-5,7-8,11H,1-2H3/q+1/t7-,8-/m0/s1. The fourth-order valence-corrected chi connectivity index (χ4v) is 2.71. The van der Waals surface area contributed by atoms with Gasteiger partial charge in [0, 0.05) is 22.1 Å². The molecule has 0 aliphatic heterocycles. The van der Waals surface area contributed by atoms with Gasteiger partial charge in [-0.25, -0.2) is 0 Å². The van der Waals surface area contributed by atoms with Crippen molar-refractivity contribution in [1.29, 1.82) is 0 Å². The highest BCUT2D eigenvalue weighted by atomic mass is 33.1. The van der Waals surface area contributed by atoms with E-state index in [1.807, 2.05) is 19.1 Å². The average molecular weight is 214 g/mol. The van der Waals surface area contributed by atoms with Crippen LogP contribution in [0, 0.1) is 6.20 Å². The highest BCUT2D eigenvalue weighted by Gasteiger charge is 2.13. The Morgan fingerprint density at radius 1 is 1.54 bits per heavy atom. The molecule has 0 fully saturated rings. The number of aromatic nitrogens is 1. The summed E-state index contributed by atoms with van der Waals surface area (Å²) in [7, 11) is 3.19. The van der Waals surface area contributed by atoms with E-state index in [2.05, 4.69) is 11.2 Å². The molecule has 1 N–H and O–H groups in total. The van der Waals surface area contributed by atoms with Crippen molar-refractivity contribution in [2.24, 2.45) is 0 Å². The Bertz CT molecular complexity index is 241. The van der Waals surface area contributed by atoms with E-state index in [0.29, 0.717) is 0 Å². The molecule has 2 atom stereocenters. The molecular weight excluding hydrogens is 202 g/mol. The van der Waals surface area contributed by atoms with Crippen molar-refractivity contribution < 1.29 is 10.1 Å². The van der Waals surface area contributed by atoms with E-state index in [1.165, 1.54) is 0 Å². The monoisotopic (exact) mass is 214 g/mol. The van der Waals surface area contributed by atoms with E-state index < -0.39 is 0 Å². The van der Waals surface area contributed by atoms with Crippen molar-refractivity contribution in [2.45, 2.75) is 30.2 Å². The molecular formula is C9H12NOS2+. The molecule has 0 aromatic carbocycles. The number of aliphatic hydroxyl groups is 1. The highest BCUT2D eigenvalue weighted by molar-refractivity contribution is 8.76. The summed E-state index contributed by atoms with van der Waals surface area (Å²) in [6, 6.07) is 5.61. The zero-order valence-corrected chi connectivity index (χ0v) is 9.23. The predicted molar refractivity (Wildman–Crippen MR) is 55.5 cm³/mol. The number of hydrogen-bond acceptors (Lipinski definition) is 3. The molecule has 0 radical (unpaired) electrons. The van der Waals surface area contributed by atoms with Gasteiger partial charge in [-0.15, -0.1) is 0 Å². The zero-order chi connectivity index (χ0) is 9.68. The molecule has 0 saturated carbocycles. The van der Waals surface area contributed by atoms with Crippen LogP contribution in [0.5, 0.6) is 0 Å². The van der Waals surface area contributed by atoms with Crippen LogP contribution in [-0.2, 0) is 0 Å². The third kappa shape index (κ3) is 3.90. The summed E-state index contributed by atoms with van der Waals surface area (Å²) in [6.45, 7) is 3.79. The maximum atomic E-state index is 9.24. The number of aliphatic hydroxyl groups excluding tert-OH is 1. The van der Waals surface area contributed by atoms with Gasteiger partial charge in [0.05, 0.1) is 12.2 Å². The molecule has 1 aromatic heterocycles. The second-order valence-electron chi connectivity index (χ2n) is 2.73. The van der Waals surface area contributed by atoms with E-state index in [9.17, 15) is 5.11 Å². The molecule has 1 heterocycles. The van der Waals surface area contributed by atoms with Crippen molar-refractivity contribution in [3.63, 3.8) is 0 Å². The van der Waals surface area contributed by atoms with E-state index in [0.717, 1.165) is 5.03 Å². The fourth-order valence-electron chi connectivity index (χ4n) is 0.564. The molecule has 1 aromatic rings. The summed E-state index contributed by atoms with van der Waals surface area (Å²) in [5, 5.41) is 10.4. The average Bonchev–Trinajstić information content (AvgIpc) is 2.15. The minimum Gasteiger partial charge on any atom is -0.392 e. The van der Waals surface area contributed by atoms with E-state index in [-0.39, 0.29) is 11.4 Å². The lowest BCUT2D eigenvalue weighted by Gasteiger charge is -2.10. The van der Waals surface area contributed by atoms with E-state index >= 15 is 0 Å². The Hall–Kier alpha value is -0.370. The van der Waals surface area contributed by atoms with Crippen LogP contribution in [0.3, 0.4) is 0 Å². The lowest BCUT2D eigenvalue weighted by Crippen LogP contribution is -2.14. The summed E-state index contributed by atoms with van der Waals surface area (Å²) >= 11 is 0. The van der Waals surface area contributed by atoms with Gasteiger partial charge in [0.25, 0.3) is 0 Å². The Morgan fingerprint density at radius 2 is 2.31 bits per heavy atom. The highest BCUT2D eigenvalue weighted by Crippen LogP contribution is 2.32. The van der Waals surface area contributed by atoms with Crippen LogP contribution < -0.4 is 4.98 Å². The summed E-state index contributed by atoms with van der Waals surface area (Å²) in [5.41, 5.74) is 0. The molecule has 4 heteroatoms. The van der Waals surface area contributed by atoms with Gasteiger partial charge in [0.15, 0.2) is 0 Å². The van der Waals surface area contributed by atoms with Crippen molar-refractivity contribution in [3.8, 4) is 0 Å². The quantitative estimate of drug-likeness (QED) is 0.772. The largest absolute Gasteiger partial charge is 0.392 e. The summed E-state index contributed by atoms with van der Waals surface area (Å²) in [4.78, 5) is 4.05. The molecule has 0 aliphatic rings. The Labute approximate surface area is 86.6 Å². The SMILES string of the molecule is C[C@H](O)[C@H](C)SSc1cccc#[n+]1. The zero-order valence-electron chi connectivity index (χ0n) is 7.60. The second-order valence-corrected chi connectivity index (χ2v) is 5.33. The summed E-state index contributed by atoms with van der Waals surface area (Å²) in [6.07, 6.45) is 2.48. The van der Waals surface area contributed by atoms with E-state index in [1.54, 1.807) is 34.6 Å². The molecule has 0 unspecified atom stereocenters. The van der Waals surface area contributed by atoms with Crippen LogP contribution in [-0.4, -0.2) is 16.5 Å². The molecule has 13 heavy (non-hydrogen) atoms. The van der Waals surface area contributed by atoms with Gasteiger partial charge in [-0.3, -0.25) is 0 Å². The molecule has 0 saturated heterocycles. The lowest BCUT2D eigenvalue weighted by molar-refractivity contribution is -0.346. The van der Waals surface area contributed by atoms with Crippen LogP contribution in [0.15, 0.2) is 23.2 Å².